The molecule has 2 heterocycles. The van der Waals surface area contributed by atoms with E-state index < -0.39 is 0 Å². The number of carbonyl (C=O) groups is 2. The molecular formula is C15H18N2O2S. The summed E-state index contributed by atoms with van der Waals surface area (Å²) < 4.78 is 2.06. The number of nitrogens with zero attached hydrogens (tertiary/aromatic N) is 2. The SMILES string of the molecule is C=CC(C)N1C(=O)S/C(=C/c2ccn(C(C)C)c2)C1=O. The van der Waals surface area contributed by atoms with Crippen LogP contribution >= 0.6 is 11.8 Å². The maximum atomic E-state index is 12.2. The number of carbonyl (C=O) groups excluding carboxylic acids is 2. The first-order chi connectivity index (χ1) is 9.43. The van der Waals surface area contributed by atoms with Gasteiger partial charge in [-0.1, -0.05) is 6.08 Å². The largest absolute Gasteiger partial charge is 0.351 e. The van der Waals surface area contributed by atoms with E-state index in [9.17, 15) is 9.59 Å². The lowest BCUT2D eigenvalue weighted by Crippen LogP contribution is -2.35. The molecule has 0 bridgehead atoms. The molecule has 1 aromatic heterocycles. The number of hydrogen-bond donors (Lipinski definition) is 0. The Morgan fingerprint density at radius 2 is 2.00 bits per heavy atom. The molecule has 2 amide bonds. The number of amides is 2. The maximum Gasteiger partial charge on any atom is 0.294 e. The van der Waals surface area contributed by atoms with Crippen molar-refractivity contribution in [2.75, 3.05) is 0 Å². The molecule has 1 aromatic rings. The van der Waals surface area contributed by atoms with Crippen LogP contribution in [0.4, 0.5) is 4.79 Å². The number of thioether (sulfide) groups is 1. The second-order valence-corrected chi connectivity index (χ2v) is 6.01. The smallest absolute Gasteiger partial charge is 0.294 e. The molecule has 20 heavy (non-hydrogen) atoms. The Hall–Kier alpha value is -1.75. The monoisotopic (exact) mass is 290 g/mol. The highest BCUT2D eigenvalue weighted by Crippen LogP contribution is 2.33. The van der Waals surface area contributed by atoms with E-state index >= 15 is 0 Å². The Morgan fingerprint density at radius 3 is 2.55 bits per heavy atom. The van der Waals surface area contributed by atoms with E-state index in [0.717, 1.165) is 17.3 Å². The summed E-state index contributed by atoms with van der Waals surface area (Å²) in [7, 11) is 0. The van der Waals surface area contributed by atoms with Crippen LogP contribution in [-0.4, -0.2) is 26.7 Å². The second kappa shape index (κ2) is 5.71. The van der Waals surface area contributed by atoms with Crippen molar-refractivity contribution in [3.8, 4) is 0 Å². The predicted molar refractivity (Wildman–Crippen MR) is 82.3 cm³/mol. The number of imide groups is 1. The summed E-state index contributed by atoms with van der Waals surface area (Å²) in [6, 6.07) is 2.02. The fourth-order valence-electron chi connectivity index (χ4n) is 1.92. The van der Waals surface area contributed by atoms with Crippen LogP contribution in [0.2, 0.25) is 0 Å². The van der Waals surface area contributed by atoms with E-state index in [1.165, 1.54) is 4.90 Å². The molecule has 2 rings (SSSR count). The number of aromatic nitrogens is 1. The Kier molecular flexibility index (Phi) is 4.18. The van der Waals surface area contributed by atoms with Gasteiger partial charge < -0.3 is 4.57 Å². The van der Waals surface area contributed by atoms with Crippen LogP contribution in [0.3, 0.4) is 0 Å². The minimum Gasteiger partial charge on any atom is -0.351 e. The maximum absolute atomic E-state index is 12.2. The minimum absolute atomic E-state index is 0.239. The molecular weight excluding hydrogens is 272 g/mol. The summed E-state index contributed by atoms with van der Waals surface area (Å²) in [6.07, 6.45) is 7.29. The van der Waals surface area contributed by atoms with E-state index in [0.29, 0.717) is 10.9 Å². The Bertz CT molecular complexity index is 586. The van der Waals surface area contributed by atoms with Gasteiger partial charge >= 0.3 is 0 Å². The van der Waals surface area contributed by atoms with Crippen molar-refractivity contribution in [3.63, 3.8) is 0 Å². The third kappa shape index (κ3) is 2.72. The summed E-state index contributed by atoms with van der Waals surface area (Å²) in [5.74, 6) is -0.246. The fraction of sp³-hybridized carbons (Fsp3) is 0.333. The average molecular weight is 290 g/mol. The first-order valence-corrected chi connectivity index (χ1v) is 7.32. The quantitative estimate of drug-likeness (QED) is 0.627. The Labute approximate surface area is 123 Å². The molecule has 0 aromatic carbocycles. The van der Waals surface area contributed by atoms with Gasteiger partial charge in [0.1, 0.15) is 0 Å². The molecule has 1 atom stereocenters. The molecule has 4 nitrogen and oxygen atoms in total. The third-order valence-corrected chi connectivity index (χ3v) is 4.09. The van der Waals surface area contributed by atoms with Gasteiger partial charge in [0.2, 0.25) is 0 Å². The van der Waals surface area contributed by atoms with Crippen LogP contribution in [0.25, 0.3) is 6.08 Å². The highest BCUT2D eigenvalue weighted by atomic mass is 32.2. The fourth-order valence-corrected chi connectivity index (χ4v) is 2.84. The molecule has 0 spiro atoms. The van der Waals surface area contributed by atoms with Gasteiger partial charge in [0.25, 0.3) is 11.1 Å². The van der Waals surface area contributed by atoms with Gasteiger partial charge in [-0.3, -0.25) is 14.5 Å². The van der Waals surface area contributed by atoms with E-state index in [2.05, 4.69) is 25.0 Å². The standard InChI is InChI=1S/C15H18N2O2S/c1-5-11(4)17-14(18)13(20-15(17)19)8-12-6-7-16(9-12)10(2)3/h5-11H,1H2,2-4H3/b13-8+. The molecule has 0 aliphatic carbocycles. The van der Waals surface area contributed by atoms with Gasteiger partial charge in [-0.25, -0.2) is 0 Å². The summed E-state index contributed by atoms with van der Waals surface area (Å²) in [4.78, 5) is 25.8. The highest BCUT2D eigenvalue weighted by Gasteiger charge is 2.37. The summed E-state index contributed by atoms with van der Waals surface area (Å²) in [6.45, 7) is 9.58. The molecule has 1 aliphatic heterocycles. The zero-order valence-electron chi connectivity index (χ0n) is 11.9. The molecule has 0 saturated carbocycles. The lowest BCUT2D eigenvalue weighted by molar-refractivity contribution is -0.123. The molecule has 106 valence electrons. The van der Waals surface area contributed by atoms with Crippen LogP contribution < -0.4 is 0 Å². The van der Waals surface area contributed by atoms with Crippen molar-refractivity contribution in [2.24, 2.45) is 0 Å². The highest BCUT2D eigenvalue weighted by molar-refractivity contribution is 8.18. The van der Waals surface area contributed by atoms with Crippen LogP contribution in [-0.2, 0) is 4.79 Å². The third-order valence-electron chi connectivity index (χ3n) is 3.20. The molecule has 0 radical (unpaired) electrons. The van der Waals surface area contributed by atoms with Crippen molar-refractivity contribution in [2.45, 2.75) is 32.9 Å². The van der Waals surface area contributed by atoms with Gasteiger partial charge in [0.15, 0.2) is 0 Å². The van der Waals surface area contributed by atoms with Crippen molar-refractivity contribution in [1.29, 1.82) is 0 Å². The first kappa shape index (κ1) is 14.7. The molecule has 1 aliphatic rings. The molecule has 1 saturated heterocycles. The molecule has 1 fully saturated rings. The van der Waals surface area contributed by atoms with Gasteiger partial charge in [0.05, 0.1) is 10.9 Å². The number of hydrogen-bond acceptors (Lipinski definition) is 3. The van der Waals surface area contributed by atoms with Crippen molar-refractivity contribution in [3.05, 3.63) is 41.6 Å². The normalized spacial score (nSPS) is 19.2. The average Bonchev–Trinajstić information content (AvgIpc) is 2.96. The molecule has 1 unspecified atom stereocenters. The number of rotatable bonds is 4. The Morgan fingerprint density at radius 1 is 1.30 bits per heavy atom. The molecule has 0 N–H and O–H groups in total. The summed E-state index contributed by atoms with van der Waals surface area (Å²) in [5.41, 5.74) is 0.926. The van der Waals surface area contributed by atoms with Gasteiger partial charge in [-0.05, 0) is 50.2 Å². The molecule has 5 heteroatoms. The van der Waals surface area contributed by atoms with E-state index in [1.54, 1.807) is 19.1 Å². The second-order valence-electron chi connectivity index (χ2n) is 5.01. The van der Waals surface area contributed by atoms with E-state index in [1.807, 2.05) is 18.5 Å². The van der Waals surface area contributed by atoms with Crippen LogP contribution in [0.1, 0.15) is 32.4 Å². The van der Waals surface area contributed by atoms with Gasteiger partial charge in [0, 0.05) is 18.4 Å². The van der Waals surface area contributed by atoms with Gasteiger partial charge in [-0.15, -0.1) is 6.58 Å². The van der Waals surface area contributed by atoms with Crippen LogP contribution in [0, 0.1) is 0 Å². The van der Waals surface area contributed by atoms with Crippen molar-refractivity contribution < 1.29 is 9.59 Å². The van der Waals surface area contributed by atoms with Crippen LogP contribution in [0.15, 0.2) is 36.0 Å². The predicted octanol–water partition coefficient (Wildman–Crippen LogP) is 3.68. The first-order valence-electron chi connectivity index (χ1n) is 6.51. The lowest BCUT2D eigenvalue weighted by Gasteiger charge is -2.17. The zero-order valence-corrected chi connectivity index (χ0v) is 12.7. The van der Waals surface area contributed by atoms with E-state index in [4.69, 9.17) is 0 Å². The topological polar surface area (TPSA) is 42.3 Å². The summed E-state index contributed by atoms with van der Waals surface area (Å²) >= 11 is 0.979. The van der Waals surface area contributed by atoms with Crippen LogP contribution in [0.5, 0.6) is 0 Å². The summed E-state index contributed by atoms with van der Waals surface area (Å²) in [5, 5.41) is -0.239. The zero-order chi connectivity index (χ0) is 14.9. The lowest BCUT2D eigenvalue weighted by atomic mass is 10.2. The van der Waals surface area contributed by atoms with Crippen molar-refractivity contribution >= 4 is 29.0 Å². The van der Waals surface area contributed by atoms with Crippen molar-refractivity contribution in [1.82, 2.24) is 9.47 Å². The van der Waals surface area contributed by atoms with E-state index in [-0.39, 0.29) is 17.2 Å². The Balaban J connectivity index is 2.25. The van der Waals surface area contributed by atoms with Gasteiger partial charge in [-0.2, -0.15) is 0 Å². The minimum atomic E-state index is -0.284.